The molecule has 0 spiro atoms. The van der Waals surface area contributed by atoms with Crippen LogP contribution in [0.25, 0.3) is 0 Å². The number of rotatable bonds is 7. The number of nitrogens with zero attached hydrogens (tertiary/aromatic N) is 1. The second-order valence-corrected chi connectivity index (χ2v) is 5.15. The predicted octanol–water partition coefficient (Wildman–Crippen LogP) is 3.52. The SMILES string of the molecule is CCOc1cccc(Oc2ccnc(CNC3CC3)c2)c1. The van der Waals surface area contributed by atoms with Crippen LogP contribution in [-0.2, 0) is 6.54 Å². The molecular formula is C17H20N2O2. The van der Waals surface area contributed by atoms with Crippen LogP contribution in [-0.4, -0.2) is 17.6 Å². The summed E-state index contributed by atoms with van der Waals surface area (Å²) in [5.74, 6) is 2.39. The van der Waals surface area contributed by atoms with Gasteiger partial charge in [-0.15, -0.1) is 0 Å². The highest BCUT2D eigenvalue weighted by molar-refractivity contribution is 5.36. The second kappa shape index (κ2) is 6.59. The molecular weight excluding hydrogens is 264 g/mol. The molecule has 2 aromatic rings. The molecule has 1 fully saturated rings. The molecule has 0 radical (unpaired) electrons. The Bertz CT molecular complexity index is 597. The van der Waals surface area contributed by atoms with E-state index in [0.29, 0.717) is 12.6 Å². The van der Waals surface area contributed by atoms with Crippen molar-refractivity contribution in [2.75, 3.05) is 6.61 Å². The molecule has 21 heavy (non-hydrogen) atoms. The van der Waals surface area contributed by atoms with Crippen molar-refractivity contribution in [3.8, 4) is 17.2 Å². The number of aromatic nitrogens is 1. The van der Waals surface area contributed by atoms with Crippen molar-refractivity contribution < 1.29 is 9.47 Å². The Kier molecular flexibility index (Phi) is 4.36. The molecule has 1 N–H and O–H groups in total. The van der Waals surface area contributed by atoms with Crippen LogP contribution in [0.15, 0.2) is 42.6 Å². The zero-order valence-corrected chi connectivity index (χ0v) is 12.2. The minimum atomic E-state index is 0.649. The zero-order chi connectivity index (χ0) is 14.5. The van der Waals surface area contributed by atoms with E-state index in [1.54, 1.807) is 6.20 Å². The summed E-state index contributed by atoms with van der Waals surface area (Å²) in [5, 5.41) is 3.45. The van der Waals surface area contributed by atoms with E-state index in [0.717, 1.165) is 29.5 Å². The number of hydrogen-bond donors (Lipinski definition) is 1. The Hall–Kier alpha value is -2.07. The lowest BCUT2D eigenvalue weighted by atomic mass is 10.3. The molecule has 1 aromatic carbocycles. The Labute approximate surface area is 125 Å². The van der Waals surface area contributed by atoms with E-state index in [4.69, 9.17) is 9.47 Å². The molecule has 1 saturated carbocycles. The van der Waals surface area contributed by atoms with Gasteiger partial charge in [0.2, 0.25) is 0 Å². The van der Waals surface area contributed by atoms with E-state index >= 15 is 0 Å². The summed E-state index contributed by atoms with van der Waals surface area (Å²) in [6, 6.07) is 12.2. The van der Waals surface area contributed by atoms with Crippen LogP contribution in [0.4, 0.5) is 0 Å². The largest absolute Gasteiger partial charge is 0.494 e. The minimum Gasteiger partial charge on any atom is -0.494 e. The van der Waals surface area contributed by atoms with Gasteiger partial charge < -0.3 is 14.8 Å². The first-order valence-corrected chi connectivity index (χ1v) is 7.42. The molecule has 1 aliphatic carbocycles. The van der Waals surface area contributed by atoms with Crippen molar-refractivity contribution in [2.45, 2.75) is 32.4 Å². The molecule has 0 aliphatic heterocycles. The average molecular weight is 284 g/mol. The first-order valence-electron chi connectivity index (χ1n) is 7.42. The molecule has 0 unspecified atom stereocenters. The van der Waals surface area contributed by atoms with E-state index in [2.05, 4.69) is 10.3 Å². The molecule has 4 nitrogen and oxygen atoms in total. The van der Waals surface area contributed by atoms with Crippen LogP contribution >= 0.6 is 0 Å². The van der Waals surface area contributed by atoms with Gasteiger partial charge in [0.15, 0.2) is 0 Å². The highest BCUT2D eigenvalue weighted by atomic mass is 16.5. The number of ether oxygens (including phenoxy) is 2. The summed E-state index contributed by atoms with van der Waals surface area (Å²) in [6.07, 6.45) is 4.34. The molecule has 1 aromatic heterocycles. The van der Waals surface area contributed by atoms with Gasteiger partial charge in [-0.05, 0) is 38.0 Å². The monoisotopic (exact) mass is 284 g/mol. The molecule has 0 amide bonds. The Balaban J connectivity index is 1.65. The van der Waals surface area contributed by atoms with Crippen LogP contribution in [0.2, 0.25) is 0 Å². The molecule has 0 atom stereocenters. The molecule has 4 heteroatoms. The molecule has 3 rings (SSSR count). The van der Waals surface area contributed by atoms with E-state index in [1.807, 2.05) is 43.3 Å². The van der Waals surface area contributed by atoms with Gasteiger partial charge in [0.1, 0.15) is 17.2 Å². The summed E-state index contributed by atoms with van der Waals surface area (Å²) in [4.78, 5) is 4.36. The molecule has 1 aliphatic rings. The minimum absolute atomic E-state index is 0.649. The molecule has 0 bridgehead atoms. The van der Waals surface area contributed by atoms with E-state index < -0.39 is 0 Å². The lowest BCUT2D eigenvalue weighted by molar-refractivity contribution is 0.338. The maximum atomic E-state index is 5.88. The summed E-state index contributed by atoms with van der Waals surface area (Å²) >= 11 is 0. The average Bonchev–Trinajstić information content (AvgIpc) is 3.31. The lowest BCUT2D eigenvalue weighted by Gasteiger charge is -2.09. The van der Waals surface area contributed by atoms with Crippen molar-refractivity contribution >= 4 is 0 Å². The van der Waals surface area contributed by atoms with Crippen molar-refractivity contribution in [3.63, 3.8) is 0 Å². The van der Waals surface area contributed by atoms with Gasteiger partial charge in [0, 0.05) is 30.9 Å². The topological polar surface area (TPSA) is 43.4 Å². The normalized spacial score (nSPS) is 14.0. The van der Waals surface area contributed by atoms with Crippen LogP contribution in [0.1, 0.15) is 25.5 Å². The number of pyridine rings is 1. The van der Waals surface area contributed by atoms with E-state index in [1.165, 1.54) is 12.8 Å². The fourth-order valence-electron chi connectivity index (χ4n) is 2.08. The second-order valence-electron chi connectivity index (χ2n) is 5.15. The van der Waals surface area contributed by atoms with Crippen molar-refractivity contribution in [1.82, 2.24) is 10.3 Å². The highest BCUT2D eigenvalue weighted by Gasteiger charge is 2.20. The van der Waals surface area contributed by atoms with Crippen LogP contribution in [0.3, 0.4) is 0 Å². The molecule has 1 heterocycles. The fourth-order valence-corrected chi connectivity index (χ4v) is 2.08. The molecule has 0 saturated heterocycles. The standard InChI is InChI=1S/C17H20N2O2/c1-2-20-15-4-3-5-16(11-15)21-17-8-9-18-14(10-17)12-19-13-6-7-13/h3-5,8-11,13,19H,2,6-7,12H2,1H3. The Morgan fingerprint density at radius 3 is 2.76 bits per heavy atom. The smallest absolute Gasteiger partial charge is 0.131 e. The number of hydrogen-bond acceptors (Lipinski definition) is 4. The maximum Gasteiger partial charge on any atom is 0.131 e. The number of nitrogens with one attached hydrogen (secondary N) is 1. The third-order valence-electron chi connectivity index (χ3n) is 3.29. The van der Waals surface area contributed by atoms with Gasteiger partial charge in [0.25, 0.3) is 0 Å². The summed E-state index contributed by atoms with van der Waals surface area (Å²) in [6.45, 7) is 3.41. The van der Waals surface area contributed by atoms with Gasteiger partial charge >= 0.3 is 0 Å². The van der Waals surface area contributed by atoms with Crippen molar-refractivity contribution in [3.05, 3.63) is 48.3 Å². The lowest BCUT2D eigenvalue weighted by Crippen LogP contribution is -2.16. The van der Waals surface area contributed by atoms with Gasteiger partial charge in [-0.2, -0.15) is 0 Å². The summed E-state index contributed by atoms with van der Waals surface area (Å²) in [5.41, 5.74) is 1.00. The third kappa shape index (κ3) is 4.20. The van der Waals surface area contributed by atoms with Gasteiger partial charge in [0.05, 0.1) is 12.3 Å². The summed E-state index contributed by atoms with van der Waals surface area (Å²) in [7, 11) is 0. The predicted molar refractivity (Wildman–Crippen MR) is 81.8 cm³/mol. The van der Waals surface area contributed by atoms with Crippen molar-refractivity contribution in [2.24, 2.45) is 0 Å². The highest BCUT2D eigenvalue weighted by Crippen LogP contribution is 2.25. The quantitative estimate of drug-likeness (QED) is 0.844. The van der Waals surface area contributed by atoms with Gasteiger partial charge in [-0.1, -0.05) is 6.07 Å². The van der Waals surface area contributed by atoms with Gasteiger partial charge in [-0.25, -0.2) is 0 Å². The van der Waals surface area contributed by atoms with Crippen LogP contribution in [0, 0.1) is 0 Å². The zero-order valence-electron chi connectivity index (χ0n) is 12.2. The fraction of sp³-hybridized carbons (Fsp3) is 0.353. The van der Waals surface area contributed by atoms with Gasteiger partial charge in [-0.3, -0.25) is 4.98 Å². The Morgan fingerprint density at radius 2 is 1.95 bits per heavy atom. The van der Waals surface area contributed by atoms with E-state index in [-0.39, 0.29) is 0 Å². The molecule has 110 valence electrons. The van der Waals surface area contributed by atoms with Crippen LogP contribution < -0.4 is 14.8 Å². The van der Waals surface area contributed by atoms with Crippen molar-refractivity contribution in [1.29, 1.82) is 0 Å². The third-order valence-corrected chi connectivity index (χ3v) is 3.29. The maximum absolute atomic E-state index is 5.88. The van der Waals surface area contributed by atoms with E-state index in [9.17, 15) is 0 Å². The summed E-state index contributed by atoms with van der Waals surface area (Å²) < 4.78 is 11.4. The Morgan fingerprint density at radius 1 is 1.14 bits per heavy atom. The van der Waals surface area contributed by atoms with Crippen LogP contribution in [0.5, 0.6) is 17.2 Å². The first kappa shape index (κ1) is 13.9. The number of benzene rings is 1. The first-order chi connectivity index (χ1) is 10.3.